The van der Waals surface area contributed by atoms with Crippen LogP contribution in [0.5, 0.6) is 5.75 Å². The summed E-state index contributed by atoms with van der Waals surface area (Å²) < 4.78 is 13.2. The van der Waals surface area contributed by atoms with Crippen LogP contribution in [-0.2, 0) is 10.5 Å². The Morgan fingerprint density at radius 3 is 2.58 bits per heavy atom. The molecular formula is C22H23N5O2S2. The zero-order valence-electron chi connectivity index (χ0n) is 17.3. The molecule has 7 nitrogen and oxygen atoms in total. The van der Waals surface area contributed by atoms with Gasteiger partial charge in [-0.25, -0.2) is 4.68 Å². The summed E-state index contributed by atoms with van der Waals surface area (Å²) in [6, 6.07) is 18.1. The topological polar surface area (TPSA) is 74.1 Å². The second-order valence-electron chi connectivity index (χ2n) is 6.59. The number of thioether (sulfide) groups is 1. The van der Waals surface area contributed by atoms with Crippen molar-refractivity contribution in [3.05, 3.63) is 66.4 Å². The predicted octanol–water partition coefficient (Wildman–Crippen LogP) is 4.75. The van der Waals surface area contributed by atoms with Crippen LogP contribution in [-0.4, -0.2) is 47.3 Å². The summed E-state index contributed by atoms with van der Waals surface area (Å²) in [5, 5.41) is 17.4. The first-order valence-electron chi connectivity index (χ1n) is 9.74. The van der Waals surface area contributed by atoms with Crippen molar-refractivity contribution in [3.63, 3.8) is 0 Å². The molecule has 0 unspecified atom stereocenters. The van der Waals surface area contributed by atoms with Crippen LogP contribution in [0.15, 0.2) is 65.1 Å². The zero-order valence-corrected chi connectivity index (χ0v) is 18.9. The van der Waals surface area contributed by atoms with Crippen LogP contribution in [0.1, 0.15) is 5.56 Å². The summed E-state index contributed by atoms with van der Waals surface area (Å²) in [5.74, 6) is 1.56. The molecule has 0 aliphatic carbocycles. The van der Waals surface area contributed by atoms with Gasteiger partial charge in [0.05, 0.1) is 25.1 Å². The first kappa shape index (κ1) is 21.4. The van der Waals surface area contributed by atoms with Crippen molar-refractivity contribution in [2.45, 2.75) is 10.1 Å². The molecule has 2 heterocycles. The second kappa shape index (κ2) is 10.4. The molecule has 9 heteroatoms. The zero-order chi connectivity index (χ0) is 21.5. The van der Waals surface area contributed by atoms with Crippen molar-refractivity contribution in [2.24, 2.45) is 0 Å². The maximum absolute atomic E-state index is 5.30. The molecule has 0 bridgehead atoms. The highest BCUT2D eigenvalue weighted by Crippen LogP contribution is 2.33. The van der Waals surface area contributed by atoms with Crippen LogP contribution >= 0.6 is 23.1 Å². The summed E-state index contributed by atoms with van der Waals surface area (Å²) >= 11 is 3.20. The quantitative estimate of drug-likeness (QED) is 0.274. The minimum atomic E-state index is 0.631. The van der Waals surface area contributed by atoms with E-state index in [4.69, 9.17) is 14.6 Å². The number of benzene rings is 2. The fourth-order valence-electron chi connectivity index (χ4n) is 2.96. The van der Waals surface area contributed by atoms with Crippen molar-refractivity contribution in [1.82, 2.24) is 20.0 Å². The van der Waals surface area contributed by atoms with E-state index in [-0.39, 0.29) is 0 Å². The van der Waals surface area contributed by atoms with E-state index in [1.807, 2.05) is 59.3 Å². The van der Waals surface area contributed by atoms with Crippen LogP contribution in [0.4, 0.5) is 5.13 Å². The maximum Gasteiger partial charge on any atom is 0.206 e. The summed E-state index contributed by atoms with van der Waals surface area (Å²) in [7, 11) is 3.35. The van der Waals surface area contributed by atoms with E-state index >= 15 is 0 Å². The van der Waals surface area contributed by atoms with Crippen molar-refractivity contribution < 1.29 is 9.47 Å². The third kappa shape index (κ3) is 5.43. The van der Waals surface area contributed by atoms with Gasteiger partial charge in [-0.2, -0.15) is 5.10 Å². The highest BCUT2D eigenvalue weighted by atomic mass is 32.2. The molecule has 0 fully saturated rings. The van der Waals surface area contributed by atoms with E-state index in [2.05, 4.69) is 21.7 Å². The molecule has 0 spiro atoms. The van der Waals surface area contributed by atoms with E-state index in [0.717, 1.165) is 43.5 Å². The fourth-order valence-corrected chi connectivity index (χ4v) is 4.70. The molecule has 2 aromatic carbocycles. The van der Waals surface area contributed by atoms with Crippen LogP contribution < -0.4 is 10.1 Å². The molecule has 31 heavy (non-hydrogen) atoms. The lowest BCUT2D eigenvalue weighted by Gasteiger charge is -2.03. The summed E-state index contributed by atoms with van der Waals surface area (Å²) in [5.41, 5.74) is 4.14. The number of ether oxygens (including phenoxy) is 2. The highest BCUT2D eigenvalue weighted by Gasteiger charge is 2.14. The second-order valence-corrected chi connectivity index (χ2v) is 8.79. The summed E-state index contributed by atoms with van der Waals surface area (Å²) in [6.07, 6.45) is 2.08. The molecule has 4 rings (SSSR count). The van der Waals surface area contributed by atoms with Gasteiger partial charge >= 0.3 is 0 Å². The van der Waals surface area contributed by atoms with Gasteiger partial charge in [0.2, 0.25) is 5.13 Å². The Kier molecular flexibility index (Phi) is 7.18. The van der Waals surface area contributed by atoms with Gasteiger partial charge in [-0.1, -0.05) is 41.3 Å². The molecule has 2 aromatic heterocycles. The number of rotatable bonds is 10. The van der Waals surface area contributed by atoms with E-state index in [1.165, 1.54) is 0 Å². The Hall–Kier alpha value is -2.88. The molecule has 1 N–H and O–H groups in total. The van der Waals surface area contributed by atoms with E-state index < -0.39 is 0 Å². The molecular weight excluding hydrogens is 430 g/mol. The van der Waals surface area contributed by atoms with Gasteiger partial charge < -0.3 is 14.8 Å². The smallest absolute Gasteiger partial charge is 0.206 e. The third-order valence-corrected chi connectivity index (χ3v) is 6.58. The molecule has 0 radical (unpaired) electrons. The molecule has 0 saturated carbocycles. The molecule has 0 amide bonds. The molecule has 0 aliphatic heterocycles. The van der Waals surface area contributed by atoms with Gasteiger partial charge in [-0.15, -0.1) is 10.2 Å². The SMILES string of the molecule is COCCNc1nnc(SCc2cn(-c3ccccc3)nc2-c2ccc(OC)cc2)s1. The molecule has 4 aromatic rings. The van der Waals surface area contributed by atoms with Crippen molar-refractivity contribution >= 4 is 28.2 Å². The minimum absolute atomic E-state index is 0.631. The number of nitrogens with one attached hydrogen (secondary N) is 1. The van der Waals surface area contributed by atoms with Crippen LogP contribution in [0, 0.1) is 0 Å². The lowest BCUT2D eigenvalue weighted by molar-refractivity contribution is 0.211. The molecule has 0 saturated heterocycles. The van der Waals surface area contributed by atoms with Crippen LogP contribution in [0.25, 0.3) is 16.9 Å². The predicted molar refractivity (Wildman–Crippen MR) is 125 cm³/mol. The maximum atomic E-state index is 5.30. The van der Waals surface area contributed by atoms with Crippen molar-refractivity contribution in [2.75, 3.05) is 32.7 Å². The molecule has 0 atom stereocenters. The minimum Gasteiger partial charge on any atom is -0.497 e. The standard InChI is InChI=1S/C22H23N5O2S2/c1-28-13-12-23-21-24-25-22(31-21)30-15-17-14-27(18-6-4-3-5-7-18)26-20(17)16-8-10-19(29-2)11-9-16/h3-11,14H,12-13,15H2,1-2H3,(H,23,24). The van der Waals surface area contributed by atoms with Gasteiger partial charge in [0, 0.05) is 36.7 Å². The first-order valence-corrected chi connectivity index (χ1v) is 11.5. The summed E-state index contributed by atoms with van der Waals surface area (Å²) in [6.45, 7) is 1.34. The lowest BCUT2D eigenvalue weighted by Crippen LogP contribution is -2.06. The Bertz CT molecular complexity index is 1100. The normalized spacial score (nSPS) is 10.9. The number of anilines is 1. The van der Waals surface area contributed by atoms with Crippen molar-refractivity contribution in [3.8, 4) is 22.7 Å². The Balaban J connectivity index is 1.56. The van der Waals surface area contributed by atoms with Crippen LogP contribution in [0.2, 0.25) is 0 Å². The lowest BCUT2D eigenvalue weighted by atomic mass is 10.1. The van der Waals surface area contributed by atoms with Gasteiger partial charge in [-0.3, -0.25) is 0 Å². The number of hydrogen-bond acceptors (Lipinski definition) is 8. The Morgan fingerprint density at radius 2 is 1.84 bits per heavy atom. The molecule has 0 aliphatic rings. The monoisotopic (exact) mass is 453 g/mol. The Labute approximate surface area is 189 Å². The first-order chi connectivity index (χ1) is 15.3. The number of nitrogens with zero attached hydrogens (tertiary/aromatic N) is 4. The van der Waals surface area contributed by atoms with Gasteiger partial charge in [0.25, 0.3) is 0 Å². The van der Waals surface area contributed by atoms with Gasteiger partial charge in [0.1, 0.15) is 5.75 Å². The average molecular weight is 454 g/mol. The average Bonchev–Trinajstić information content (AvgIpc) is 3.46. The van der Waals surface area contributed by atoms with E-state index in [9.17, 15) is 0 Å². The number of para-hydroxylation sites is 1. The Morgan fingerprint density at radius 1 is 1.03 bits per heavy atom. The highest BCUT2D eigenvalue weighted by molar-refractivity contribution is 8.00. The summed E-state index contributed by atoms with van der Waals surface area (Å²) in [4.78, 5) is 0. The number of methoxy groups -OCH3 is 2. The third-order valence-electron chi connectivity index (χ3n) is 4.51. The van der Waals surface area contributed by atoms with Gasteiger partial charge in [-0.05, 0) is 36.4 Å². The van der Waals surface area contributed by atoms with E-state index in [1.54, 1.807) is 37.3 Å². The molecule has 160 valence electrons. The fraction of sp³-hybridized carbons (Fsp3) is 0.227. The van der Waals surface area contributed by atoms with Crippen LogP contribution in [0.3, 0.4) is 0 Å². The van der Waals surface area contributed by atoms with Crippen molar-refractivity contribution in [1.29, 1.82) is 0 Å². The number of hydrogen-bond donors (Lipinski definition) is 1. The number of aromatic nitrogens is 4. The van der Waals surface area contributed by atoms with Gasteiger partial charge in [0.15, 0.2) is 4.34 Å². The van der Waals surface area contributed by atoms with E-state index in [0.29, 0.717) is 13.2 Å². The largest absolute Gasteiger partial charge is 0.497 e.